The Bertz CT molecular complexity index is 793. The highest BCUT2D eigenvalue weighted by atomic mass is 32.2. The fourth-order valence-corrected chi connectivity index (χ4v) is 5.70. The van der Waals surface area contributed by atoms with Crippen LogP contribution in [-0.2, 0) is 27.9 Å². The van der Waals surface area contributed by atoms with Crippen LogP contribution in [0.25, 0.3) is 0 Å². The van der Waals surface area contributed by atoms with E-state index in [1.54, 1.807) is 0 Å². The van der Waals surface area contributed by atoms with Crippen molar-refractivity contribution < 1.29 is 13.2 Å². The molecule has 2 saturated heterocycles. The van der Waals surface area contributed by atoms with E-state index in [0.29, 0.717) is 32.5 Å². The maximum absolute atomic E-state index is 12.6. The lowest BCUT2D eigenvalue weighted by Gasteiger charge is -2.35. The van der Waals surface area contributed by atoms with Gasteiger partial charge in [-0.3, -0.25) is 9.69 Å². The monoisotopic (exact) mass is 421 g/mol. The molecular weight excluding hydrogens is 386 g/mol. The Hall–Kier alpha value is -1.44. The molecule has 0 aliphatic carbocycles. The number of sulfonamides is 1. The fourth-order valence-electron chi connectivity index (χ4n) is 4.82. The van der Waals surface area contributed by atoms with Crippen molar-refractivity contribution in [2.24, 2.45) is 17.8 Å². The van der Waals surface area contributed by atoms with Crippen LogP contribution in [0.1, 0.15) is 44.2 Å². The first-order valence-corrected chi connectivity index (χ1v) is 12.6. The van der Waals surface area contributed by atoms with Crippen LogP contribution in [0.4, 0.5) is 0 Å². The Morgan fingerprint density at radius 1 is 1.07 bits per heavy atom. The van der Waals surface area contributed by atoms with Crippen molar-refractivity contribution >= 4 is 15.9 Å². The van der Waals surface area contributed by atoms with E-state index >= 15 is 0 Å². The number of hydrogen-bond acceptors (Lipinski definition) is 4. The quantitative estimate of drug-likeness (QED) is 0.766. The number of amides is 1. The van der Waals surface area contributed by atoms with Gasteiger partial charge in [0, 0.05) is 45.2 Å². The lowest BCUT2D eigenvalue weighted by Crippen LogP contribution is -2.42. The molecule has 0 spiro atoms. The Kier molecular flexibility index (Phi) is 7.35. The van der Waals surface area contributed by atoms with E-state index in [9.17, 15) is 13.2 Å². The summed E-state index contributed by atoms with van der Waals surface area (Å²) in [6.45, 7) is 9.22. The van der Waals surface area contributed by atoms with Crippen molar-refractivity contribution in [1.29, 1.82) is 0 Å². The molecule has 2 heterocycles. The zero-order valence-electron chi connectivity index (χ0n) is 17.9. The standard InChI is InChI=1S/C22H35N3O3S/c1-17-12-18(2)15-24(14-17)16-21-7-5-4-6-20(21)13-23-22(26)19-8-10-25(11-9-19)29(3,27)28/h4-7,17-19H,8-16H2,1-3H3,(H,23,26)/t17-,18-/m1/s1. The highest BCUT2D eigenvalue weighted by Gasteiger charge is 2.29. The minimum atomic E-state index is -3.16. The zero-order valence-corrected chi connectivity index (χ0v) is 18.7. The summed E-state index contributed by atoms with van der Waals surface area (Å²) >= 11 is 0. The first-order valence-electron chi connectivity index (χ1n) is 10.7. The predicted octanol–water partition coefficient (Wildman–Crippen LogP) is 2.45. The molecule has 1 aromatic rings. The van der Waals surface area contributed by atoms with Crippen LogP contribution in [0.15, 0.2) is 24.3 Å². The lowest BCUT2D eigenvalue weighted by molar-refractivity contribution is -0.126. The SMILES string of the molecule is C[C@@H]1C[C@@H](C)CN(Cc2ccccc2CNC(=O)C2CCN(S(C)(=O)=O)CC2)C1. The first kappa shape index (κ1) is 22.2. The predicted molar refractivity (Wildman–Crippen MR) is 116 cm³/mol. The van der Waals surface area contributed by atoms with E-state index in [1.807, 2.05) is 6.07 Å². The minimum absolute atomic E-state index is 0.0353. The molecule has 0 saturated carbocycles. The molecule has 2 atom stereocenters. The zero-order chi connectivity index (χ0) is 21.0. The Labute approximate surface area is 175 Å². The molecule has 162 valence electrons. The van der Waals surface area contributed by atoms with Gasteiger partial charge in [-0.1, -0.05) is 38.1 Å². The van der Waals surface area contributed by atoms with E-state index in [2.05, 4.69) is 42.3 Å². The fraction of sp³-hybridized carbons (Fsp3) is 0.682. The average Bonchev–Trinajstić information content (AvgIpc) is 2.65. The number of rotatable bonds is 6. The van der Waals surface area contributed by atoms with E-state index in [4.69, 9.17) is 0 Å². The Morgan fingerprint density at radius 3 is 2.24 bits per heavy atom. The summed E-state index contributed by atoms with van der Waals surface area (Å²) in [5.74, 6) is 1.38. The molecule has 7 heteroatoms. The molecule has 1 amide bonds. The summed E-state index contributed by atoms with van der Waals surface area (Å²) in [5.41, 5.74) is 2.45. The molecule has 0 unspecified atom stereocenters. The third-order valence-corrected chi connectivity index (χ3v) is 7.51. The third-order valence-electron chi connectivity index (χ3n) is 6.20. The van der Waals surface area contributed by atoms with Gasteiger partial charge in [0.1, 0.15) is 0 Å². The van der Waals surface area contributed by atoms with Crippen LogP contribution < -0.4 is 5.32 Å². The van der Waals surface area contributed by atoms with Gasteiger partial charge in [-0.25, -0.2) is 12.7 Å². The van der Waals surface area contributed by atoms with Crippen LogP contribution in [0.5, 0.6) is 0 Å². The molecule has 2 fully saturated rings. The topological polar surface area (TPSA) is 69.7 Å². The second-order valence-corrected chi connectivity index (χ2v) is 11.0. The summed E-state index contributed by atoms with van der Waals surface area (Å²) < 4.78 is 24.7. The van der Waals surface area contributed by atoms with Crippen LogP contribution in [0.2, 0.25) is 0 Å². The van der Waals surface area contributed by atoms with E-state index < -0.39 is 10.0 Å². The Balaban J connectivity index is 1.54. The van der Waals surface area contributed by atoms with Crippen molar-refractivity contribution in [1.82, 2.24) is 14.5 Å². The van der Waals surface area contributed by atoms with E-state index in [-0.39, 0.29) is 11.8 Å². The van der Waals surface area contributed by atoms with Gasteiger partial charge in [-0.2, -0.15) is 0 Å². The lowest BCUT2D eigenvalue weighted by atomic mass is 9.91. The summed E-state index contributed by atoms with van der Waals surface area (Å²) in [6.07, 6.45) is 3.70. The first-order chi connectivity index (χ1) is 13.7. The second kappa shape index (κ2) is 9.58. The molecule has 3 rings (SSSR count). The van der Waals surface area contributed by atoms with Gasteiger partial charge >= 0.3 is 0 Å². The van der Waals surface area contributed by atoms with Crippen LogP contribution in [0, 0.1) is 17.8 Å². The molecular formula is C22H35N3O3S. The van der Waals surface area contributed by atoms with Gasteiger partial charge in [0.15, 0.2) is 0 Å². The van der Waals surface area contributed by atoms with Gasteiger partial charge in [-0.05, 0) is 42.2 Å². The number of nitrogens with one attached hydrogen (secondary N) is 1. The van der Waals surface area contributed by atoms with Crippen LogP contribution >= 0.6 is 0 Å². The van der Waals surface area contributed by atoms with Gasteiger partial charge in [0.05, 0.1) is 6.26 Å². The summed E-state index contributed by atoms with van der Waals surface area (Å²) in [4.78, 5) is 15.2. The molecule has 0 bridgehead atoms. The second-order valence-electron chi connectivity index (χ2n) is 9.06. The molecule has 2 aliphatic heterocycles. The molecule has 0 aromatic heterocycles. The number of nitrogens with zero attached hydrogens (tertiary/aromatic N) is 2. The van der Waals surface area contributed by atoms with Crippen LogP contribution in [0.3, 0.4) is 0 Å². The number of hydrogen-bond donors (Lipinski definition) is 1. The number of benzene rings is 1. The summed E-state index contributed by atoms with van der Waals surface area (Å²) in [5, 5.41) is 3.09. The maximum atomic E-state index is 12.6. The number of carbonyl (C=O) groups excluding carboxylic acids is 1. The highest BCUT2D eigenvalue weighted by Crippen LogP contribution is 2.24. The van der Waals surface area contributed by atoms with Crippen LogP contribution in [-0.4, -0.2) is 56.0 Å². The third kappa shape index (κ3) is 6.27. The highest BCUT2D eigenvalue weighted by molar-refractivity contribution is 7.88. The normalized spacial score (nSPS) is 25.1. The summed E-state index contributed by atoms with van der Waals surface area (Å²) in [7, 11) is -3.16. The number of likely N-dealkylation sites (tertiary alicyclic amines) is 1. The smallest absolute Gasteiger partial charge is 0.223 e. The van der Waals surface area contributed by atoms with Crippen molar-refractivity contribution in [3.63, 3.8) is 0 Å². The van der Waals surface area contributed by atoms with Crippen molar-refractivity contribution in [2.75, 3.05) is 32.4 Å². The number of carbonyl (C=O) groups is 1. The maximum Gasteiger partial charge on any atom is 0.223 e. The van der Waals surface area contributed by atoms with Gasteiger partial charge < -0.3 is 5.32 Å². The number of piperidine rings is 2. The van der Waals surface area contributed by atoms with Crippen molar-refractivity contribution in [3.8, 4) is 0 Å². The van der Waals surface area contributed by atoms with Crippen molar-refractivity contribution in [3.05, 3.63) is 35.4 Å². The van der Waals surface area contributed by atoms with E-state index in [1.165, 1.54) is 28.1 Å². The summed E-state index contributed by atoms with van der Waals surface area (Å²) in [6, 6.07) is 8.35. The largest absolute Gasteiger partial charge is 0.352 e. The Morgan fingerprint density at radius 2 is 1.66 bits per heavy atom. The molecule has 6 nitrogen and oxygen atoms in total. The molecule has 2 aliphatic rings. The molecule has 1 N–H and O–H groups in total. The average molecular weight is 422 g/mol. The van der Waals surface area contributed by atoms with Gasteiger partial charge in [0.2, 0.25) is 15.9 Å². The van der Waals surface area contributed by atoms with Gasteiger partial charge in [0.25, 0.3) is 0 Å². The molecule has 1 aromatic carbocycles. The minimum Gasteiger partial charge on any atom is -0.352 e. The molecule has 29 heavy (non-hydrogen) atoms. The van der Waals surface area contributed by atoms with E-state index in [0.717, 1.165) is 31.5 Å². The van der Waals surface area contributed by atoms with Gasteiger partial charge in [-0.15, -0.1) is 0 Å². The molecule has 0 radical (unpaired) electrons. The van der Waals surface area contributed by atoms with Crippen molar-refractivity contribution in [2.45, 2.75) is 46.2 Å².